The summed E-state index contributed by atoms with van der Waals surface area (Å²) in [5, 5.41) is 3.58. The Balaban J connectivity index is 2.09. The van der Waals surface area contributed by atoms with Gasteiger partial charge in [0.25, 0.3) is 0 Å². The molecule has 2 amide bonds. The van der Waals surface area contributed by atoms with E-state index in [2.05, 4.69) is 5.32 Å². The molecule has 0 saturated carbocycles. The summed E-state index contributed by atoms with van der Waals surface area (Å²) in [5.41, 5.74) is 1.39. The summed E-state index contributed by atoms with van der Waals surface area (Å²) in [6.45, 7) is 7.62. The van der Waals surface area contributed by atoms with Crippen molar-refractivity contribution in [3.8, 4) is 0 Å². The third-order valence-electron chi connectivity index (χ3n) is 4.31. The van der Waals surface area contributed by atoms with Crippen LogP contribution in [-0.4, -0.2) is 34.0 Å². The van der Waals surface area contributed by atoms with Gasteiger partial charge in [-0.15, -0.1) is 11.8 Å². The van der Waals surface area contributed by atoms with Crippen LogP contribution in [0.25, 0.3) is 0 Å². The summed E-state index contributed by atoms with van der Waals surface area (Å²) in [6.07, 6.45) is 0. The first-order valence-corrected chi connectivity index (χ1v) is 11.3. The van der Waals surface area contributed by atoms with Crippen molar-refractivity contribution in [1.29, 1.82) is 0 Å². The Morgan fingerprint density at radius 2 is 1.80 bits per heavy atom. The van der Waals surface area contributed by atoms with Crippen molar-refractivity contribution in [3.63, 3.8) is 0 Å². The summed E-state index contributed by atoms with van der Waals surface area (Å²) in [6, 6.07) is 12.8. The van der Waals surface area contributed by atoms with Crippen molar-refractivity contribution in [2.24, 2.45) is 0 Å². The number of hydrogen-bond acceptors (Lipinski definition) is 3. The lowest BCUT2D eigenvalue weighted by Crippen LogP contribution is -2.52. The molecule has 30 heavy (non-hydrogen) atoms. The number of benzene rings is 2. The topological polar surface area (TPSA) is 49.4 Å². The third kappa shape index (κ3) is 8.00. The van der Waals surface area contributed by atoms with Crippen LogP contribution < -0.4 is 5.32 Å². The highest BCUT2D eigenvalue weighted by atomic mass is 35.5. The van der Waals surface area contributed by atoms with Crippen LogP contribution in [0.15, 0.2) is 48.5 Å². The molecule has 1 atom stereocenters. The molecular formula is C23H28ClFN2O2S. The van der Waals surface area contributed by atoms with Crippen LogP contribution >= 0.6 is 23.4 Å². The van der Waals surface area contributed by atoms with Gasteiger partial charge < -0.3 is 10.2 Å². The highest BCUT2D eigenvalue weighted by Gasteiger charge is 2.28. The van der Waals surface area contributed by atoms with Crippen LogP contribution in [0.3, 0.4) is 0 Å². The van der Waals surface area contributed by atoms with Crippen molar-refractivity contribution < 1.29 is 14.0 Å². The van der Waals surface area contributed by atoms with E-state index in [4.69, 9.17) is 11.6 Å². The lowest BCUT2D eigenvalue weighted by molar-refractivity contribution is -0.139. The second kappa shape index (κ2) is 10.8. The first-order chi connectivity index (χ1) is 14.0. The van der Waals surface area contributed by atoms with Crippen LogP contribution in [-0.2, 0) is 21.9 Å². The second-order valence-electron chi connectivity index (χ2n) is 8.19. The lowest BCUT2D eigenvalue weighted by Gasteiger charge is -2.31. The number of rotatable bonds is 8. The highest BCUT2D eigenvalue weighted by Crippen LogP contribution is 2.19. The van der Waals surface area contributed by atoms with Gasteiger partial charge in [-0.2, -0.15) is 0 Å². The smallest absolute Gasteiger partial charge is 0.242 e. The van der Waals surface area contributed by atoms with Gasteiger partial charge in [0.2, 0.25) is 11.8 Å². The van der Waals surface area contributed by atoms with Gasteiger partial charge in [-0.1, -0.05) is 35.9 Å². The zero-order chi connectivity index (χ0) is 22.3. The molecule has 0 saturated heterocycles. The molecule has 2 aromatic rings. The first kappa shape index (κ1) is 24.2. The van der Waals surface area contributed by atoms with Crippen LogP contribution in [0, 0.1) is 5.82 Å². The zero-order valence-corrected chi connectivity index (χ0v) is 19.3. The van der Waals surface area contributed by atoms with E-state index in [1.54, 1.807) is 30.0 Å². The molecule has 0 spiro atoms. The van der Waals surface area contributed by atoms with E-state index in [0.29, 0.717) is 10.8 Å². The number of nitrogens with zero attached hydrogens (tertiary/aromatic N) is 1. The van der Waals surface area contributed by atoms with Crippen molar-refractivity contribution in [3.05, 3.63) is 70.5 Å². The Kier molecular flexibility index (Phi) is 8.74. The van der Waals surface area contributed by atoms with Crippen molar-refractivity contribution in [1.82, 2.24) is 10.2 Å². The van der Waals surface area contributed by atoms with Crippen LogP contribution in [0.4, 0.5) is 4.39 Å². The van der Waals surface area contributed by atoms with E-state index in [9.17, 15) is 14.0 Å². The number of nitrogens with one attached hydrogen (secondary N) is 1. The maximum absolute atomic E-state index is 13.3. The van der Waals surface area contributed by atoms with Gasteiger partial charge in [0.1, 0.15) is 11.9 Å². The quantitative estimate of drug-likeness (QED) is 0.612. The Hall–Kier alpha value is -2.05. The lowest BCUT2D eigenvalue weighted by atomic mass is 10.1. The van der Waals surface area contributed by atoms with E-state index >= 15 is 0 Å². The Labute approximate surface area is 187 Å². The molecule has 4 nitrogen and oxygen atoms in total. The van der Waals surface area contributed by atoms with Crippen molar-refractivity contribution in [2.45, 2.75) is 51.6 Å². The van der Waals surface area contributed by atoms with Gasteiger partial charge in [0.05, 0.1) is 5.75 Å². The number of carbonyl (C=O) groups excluding carboxylic acids is 2. The predicted molar refractivity (Wildman–Crippen MR) is 122 cm³/mol. The van der Waals surface area contributed by atoms with E-state index in [0.717, 1.165) is 11.1 Å². The molecule has 2 rings (SSSR count). The van der Waals surface area contributed by atoms with E-state index in [1.807, 2.05) is 39.0 Å². The molecule has 0 bridgehead atoms. The van der Waals surface area contributed by atoms with Gasteiger partial charge in [-0.3, -0.25) is 9.59 Å². The first-order valence-electron chi connectivity index (χ1n) is 9.73. The van der Waals surface area contributed by atoms with Gasteiger partial charge in [0.15, 0.2) is 0 Å². The molecule has 0 aliphatic carbocycles. The minimum atomic E-state index is -0.659. The maximum atomic E-state index is 13.3. The fourth-order valence-corrected chi connectivity index (χ4v) is 3.88. The monoisotopic (exact) mass is 450 g/mol. The number of thioether (sulfide) groups is 1. The fraction of sp³-hybridized carbons (Fsp3) is 0.391. The molecule has 7 heteroatoms. The summed E-state index contributed by atoms with van der Waals surface area (Å²) in [7, 11) is 0. The zero-order valence-electron chi connectivity index (χ0n) is 17.7. The Morgan fingerprint density at radius 1 is 1.13 bits per heavy atom. The van der Waals surface area contributed by atoms with Crippen LogP contribution in [0.1, 0.15) is 38.8 Å². The number of hydrogen-bond donors (Lipinski definition) is 1. The van der Waals surface area contributed by atoms with Gasteiger partial charge in [-0.05, 0) is 63.1 Å². The second-order valence-corrected chi connectivity index (χ2v) is 9.61. The van der Waals surface area contributed by atoms with E-state index in [-0.39, 0.29) is 29.9 Å². The molecule has 0 fully saturated rings. The molecule has 162 valence electrons. The summed E-state index contributed by atoms with van der Waals surface area (Å²) in [4.78, 5) is 27.2. The Bertz CT molecular complexity index is 868. The molecule has 2 aromatic carbocycles. The predicted octanol–water partition coefficient (Wildman–Crippen LogP) is 5.04. The summed E-state index contributed by atoms with van der Waals surface area (Å²) >= 11 is 7.48. The molecular weight excluding hydrogens is 423 g/mol. The van der Waals surface area contributed by atoms with E-state index < -0.39 is 11.6 Å². The average molecular weight is 451 g/mol. The molecule has 0 aliphatic rings. The van der Waals surface area contributed by atoms with Crippen LogP contribution in [0.2, 0.25) is 5.02 Å². The number of amides is 2. The minimum Gasteiger partial charge on any atom is -0.350 e. The summed E-state index contributed by atoms with van der Waals surface area (Å²) in [5.74, 6) is 0.146. The highest BCUT2D eigenvalue weighted by molar-refractivity contribution is 7.99. The largest absolute Gasteiger partial charge is 0.350 e. The van der Waals surface area contributed by atoms with Gasteiger partial charge in [0, 0.05) is 22.9 Å². The van der Waals surface area contributed by atoms with Crippen molar-refractivity contribution >= 4 is 35.2 Å². The average Bonchev–Trinajstić information content (AvgIpc) is 2.65. The number of halogens is 2. The van der Waals surface area contributed by atoms with E-state index in [1.165, 1.54) is 23.9 Å². The SMILES string of the molecule is CC(C(=O)NC(C)(C)C)N(Cc1ccc(F)cc1)C(=O)CSCc1cccc(Cl)c1. The molecule has 1 N–H and O–H groups in total. The van der Waals surface area contributed by atoms with Crippen molar-refractivity contribution in [2.75, 3.05) is 5.75 Å². The fourth-order valence-electron chi connectivity index (χ4n) is 2.81. The summed E-state index contributed by atoms with van der Waals surface area (Å²) < 4.78 is 13.3. The van der Waals surface area contributed by atoms with Gasteiger partial charge in [-0.25, -0.2) is 4.39 Å². The molecule has 0 heterocycles. The minimum absolute atomic E-state index is 0.150. The third-order valence-corrected chi connectivity index (χ3v) is 5.54. The molecule has 1 unspecified atom stereocenters. The standard InChI is InChI=1S/C23H28ClFN2O2S/c1-16(22(29)26-23(2,3)4)27(13-17-8-10-20(25)11-9-17)21(28)15-30-14-18-6-5-7-19(24)12-18/h5-12,16H,13-15H2,1-4H3,(H,26,29). The molecule has 0 radical (unpaired) electrons. The number of carbonyl (C=O) groups is 2. The normalized spacial score (nSPS) is 12.3. The van der Waals surface area contributed by atoms with Gasteiger partial charge >= 0.3 is 0 Å². The maximum Gasteiger partial charge on any atom is 0.242 e. The van der Waals surface area contributed by atoms with Crippen LogP contribution in [0.5, 0.6) is 0 Å². The molecule has 0 aromatic heterocycles. The molecule has 0 aliphatic heterocycles. The Morgan fingerprint density at radius 3 is 2.40 bits per heavy atom.